The molecular weight excluding hydrogens is 289 g/mol. The first-order valence-electron chi connectivity index (χ1n) is 6.23. The highest BCUT2D eigenvalue weighted by Gasteiger charge is 2.20. The van der Waals surface area contributed by atoms with Crippen molar-refractivity contribution < 1.29 is 9.18 Å². The van der Waals surface area contributed by atoms with E-state index in [4.69, 9.17) is 5.73 Å². The van der Waals surface area contributed by atoms with Crippen LogP contribution < -0.4 is 10.6 Å². The molecule has 0 spiro atoms. The SMILES string of the molecule is CN(C(=O)c1sc2cnccc2c1N)c1cccc(F)c1. The minimum absolute atomic E-state index is 0.265. The molecule has 0 aliphatic carbocycles. The van der Waals surface area contributed by atoms with E-state index in [9.17, 15) is 9.18 Å². The molecule has 3 rings (SSSR count). The number of nitrogens with two attached hydrogens (primary N) is 1. The Morgan fingerprint density at radius 2 is 2.19 bits per heavy atom. The zero-order chi connectivity index (χ0) is 15.0. The van der Waals surface area contributed by atoms with E-state index in [1.54, 1.807) is 37.6 Å². The molecule has 0 saturated carbocycles. The van der Waals surface area contributed by atoms with Gasteiger partial charge in [0.05, 0.1) is 10.4 Å². The maximum Gasteiger partial charge on any atom is 0.270 e. The fraction of sp³-hybridized carbons (Fsp3) is 0.0667. The van der Waals surface area contributed by atoms with Crippen molar-refractivity contribution in [3.63, 3.8) is 0 Å². The van der Waals surface area contributed by atoms with Gasteiger partial charge in [-0.2, -0.15) is 0 Å². The van der Waals surface area contributed by atoms with Gasteiger partial charge in [-0.15, -0.1) is 11.3 Å². The summed E-state index contributed by atoms with van der Waals surface area (Å²) < 4.78 is 14.1. The number of halogens is 1. The average Bonchev–Trinajstić information content (AvgIpc) is 2.83. The van der Waals surface area contributed by atoms with Crippen LogP contribution in [0, 0.1) is 5.82 Å². The van der Waals surface area contributed by atoms with Gasteiger partial charge in [0.1, 0.15) is 10.7 Å². The van der Waals surface area contributed by atoms with E-state index in [0.29, 0.717) is 16.3 Å². The Labute approximate surface area is 124 Å². The van der Waals surface area contributed by atoms with Crippen molar-refractivity contribution in [2.24, 2.45) is 0 Å². The number of carbonyl (C=O) groups excluding carboxylic acids is 1. The van der Waals surface area contributed by atoms with Crippen LogP contribution in [0.3, 0.4) is 0 Å². The lowest BCUT2D eigenvalue weighted by atomic mass is 10.2. The van der Waals surface area contributed by atoms with Crippen molar-refractivity contribution in [3.05, 3.63) is 53.4 Å². The van der Waals surface area contributed by atoms with Crippen LogP contribution in [0.2, 0.25) is 0 Å². The van der Waals surface area contributed by atoms with Gasteiger partial charge in [0, 0.05) is 30.5 Å². The fourth-order valence-electron chi connectivity index (χ4n) is 2.08. The number of fused-ring (bicyclic) bond motifs is 1. The van der Waals surface area contributed by atoms with Crippen LogP contribution >= 0.6 is 11.3 Å². The van der Waals surface area contributed by atoms with Crippen LogP contribution in [0.5, 0.6) is 0 Å². The molecule has 2 N–H and O–H groups in total. The Bertz CT molecular complexity index is 831. The summed E-state index contributed by atoms with van der Waals surface area (Å²) in [4.78, 5) is 18.4. The summed E-state index contributed by atoms with van der Waals surface area (Å²) in [6, 6.07) is 7.66. The molecule has 0 atom stereocenters. The Morgan fingerprint density at radius 1 is 1.38 bits per heavy atom. The van der Waals surface area contributed by atoms with Crippen molar-refractivity contribution in [2.75, 3.05) is 17.7 Å². The van der Waals surface area contributed by atoms with Crippen molar-refractivity contribution in [1.82, 2.24) is 4.98 Å². The number of hydrogen-bond acceptors (Lipinski definition) is 4. The molecule has 1 aromatic carbocycles. The van der Waals surface area contributed by atoms with E-state index in [-0.39, 0.29) is 11.7 Å². The Balaban J connectivity index is 2.02. The second kappa shape index (κ2) is 5.14. The molecule has 21 heavy (non-hydrogen) atoms. The summed E-state index contributed by atoms with van der Waals surface area (Å²) in [6.45, 7) is 0. The zero-order valence-corrected chi connectivity index (χ0v) is 12.0. The first kappa shape index (κ1) is 13.5. The number of benzene rings is 1. The number of anilines is 2. The molecule has 3 aromatic rings. The van der Waals surface area contributed by atoms with Crippen molar-refractivity contribution in [2.45, 2.75) is 0 Å². The standard InChI is InChI=1S/C15H12FN3OS/c1-19(10-4-2-3-9(16)7-10)15(20)14-13(17)11-5-6-18-8-12(11)21-14/h2-8H,17H2,1H3. The molecular formula is C15H12FN3OS. The maximum absolute atomic E-state index is 13.3. The van der Waals surface area contributed by atoms with Gasteiger partial charge in [-0.05, 0) is 24.3 Å². The first-order chi connectivity index (χ1) is 10.1. The van der Waals surface area contributed by atoms with Crippen LogP contribution in [0.25, 0.3) is 10.1 Å². The molecule has 4 nitrogen and oxygen atoms in total. The topological polar surface area (TPSA) is 59.2 Å². The monoisotopic (exact) mass is 301 g/mol. The number of pyridine rings is 1. The smallest absolute Gasteiger partial charge is 0.270 e. The number of thiophene rings is 1. The molecule has 0 bridgehead atoms. The molecule has 106 valence electrons. The van der Waals surface area contributed by atoms with Gasteiger partial charge in [0.2, 0.25) is 0 Å². The molecule has 2 heterocycles. The summed E-state index contributed by atoms with van der Waals surface area (Å²) in [6.07, 6.45) is 3.31. The number of rotatable bonds is 2. The van der Waals surface area contributed by atoms with Crippen LogP contribution in [0.4, 0.5) is 15.8 Å². The van der Waals surface area contributed by atoms with E-state index < -0.39 is 0 Å². The summed E-state index contributed by atoms with van der Waals surface area (Å²) in [5.41, 5.74) is 6.96. The highest BCUT2D eigenvalue weighted by Crippen LogP contribution is 2.34. The number of nitrogen functional groups attached to an aromatic ring is 1. The van der Waals surface area contributed by atoms with E-state index in [0.717, 1.165) is 10.1 Å². The van der Waals surface area contributed by atoms with Gasteiger partial charge >= 0.3 is 0 Å². The number of aromatic nitrogens is 1. The number of nitrogens with zero attached hydrogens (tertiary/aromatic N) is 2. The second-order valence-corrected chi connectivity index (χ2v) is 5.61. The number of hydrogen-bond donors (Lipinski definition) is 1. The van der Waals surface area contributed by atoms with E-state index in [1.807, 2.05) is 0 Å². The van der Waals surface area contributed by atoms with Crippen LogP contribution in [0.15, 0.2) is 42.7 Å². The lowest BCUT2D eigenvalue weighted by Gasteiger charge is -2.16. The zero-order valence-electron chi connectivity index (χ0n) is 11.2. The van der Waals surface area contributed by atoms with Crippen molar-refractivity contribution >= 4 is 38.7 Å². The third-order valence-corrected chi connectivity index (χ3v) is 4.37. The minimum atomic E-state index is -0.388. The third-order valence-electron chi connectivity index (χ3n) is 3.23. The van der Waals surface area contributed by atoms with Gasteiger partial charge in [-0.25, -0.2) is 4.39 Å². The quantitative estimate of drug-likeness (QED) is 0.790. The van der Waals surface area contributed by atoms with Crippen molar-refractivity contribution in [1.29, 1.82) is 0 Å². The van der Waals surface area contributed by atoms with Gasteiger partial charge in [0.25, 0.3) is 5.91 Å². The summed E-state index contributed by atoms with van der Waals surface area (Å²) in [5.74, 6) is -0.653. The van der Waals surface area contributed by atoms with Crippen molar-refractivity contribution in [3.8, 4) is 0 Å². The summed E-state index contributed by atoms with van der Waals surface area (Å²) in [5, 5.41) is 0.811. The lowest BCUT2D eigenvalue weighted by molar-refractivity contribution is 0.0997. The van der Waals surface area contributed by atoms with Crippen LogP contribution in [-0.4, -0.2) is 17.9 Å². The van der Waals surface area contributed by atoms with Crippen LogP contribution in [-0.2, 0) is 0 Å². The van der Waals surface area contributed by atoms with Gasteiger partial charge in [-0.1, -0.05) is 6.07 Å². The molecule has 0 saturated heterocycles. The van der Waals surface area contributed by atoms with Crippen LogP contribution in [0.1, 0.15) is 9.67 Å². The summed E-state index contributed by atoms with van der Waals surface area (Å²) >= 11 is 1.29. The number of amides is 1. The molecule has 0 fully saturated rings. The Morgan fingerprint density at radius 3 is 2.90 bits per heavy atom. The third kappa shape index (κ3) is 2.34. The summed E-state index contributed by atoms with van der Waals surface area (Å²) in [7, 11) is 1.60. The first-order valence-corrected chi connectivity index (χ1v) is 7.05. The molecule has 2 aromatic heterocycles. The molecule has 6 heteroatoms. The van der Waals surface area contributed by atoms with E-state index >= 15 is 0 Å². The average molecular weight is 301 g/mol. The van der Waals surface area contributed by atoms with Gasteiger partial charge in [-0.3, -0.25) is 9.78 Å². The minimum Gasteiger partial charge on any atom is -0.397 e. The molecule has 0 radical (unpaired) electrons. The largest absolute Gasteiger partial charge is 0.397 e. The lowest BCUT2D eigenvalue weighted by Crippen LogP contribution is -2.26. The molecule has 0 aliphatic rings. The predicted molar refractivity (Wildman–Crippen MR) is 83.2 cm³/mol. The number of carbonyl (C=O) groups is 1. The maximum atomic E-state index is 13.3. The molecule has 0 aliphatic heterocycles. The highest BCUT2D eigenvalue weighted by molar-refractivity contribution is 7.21. The fourth-order valence-corrected chi connectivity index (χ4v) is 3.15. The molecule has 1 amide bonds. The Kier molecular flexibility index (Phi) is 3.31. The van der Waals surface area contributed by atoms with Gasteiger partial charge in [0.15, 0.2) is 0 Å². The van der Waals surface area contributed by atoms with E-state index in [1.165, 1.54) is 28.4 Å². The molecule has 0 unspecified atom stereocenters. The predicted octanol–water partition coefficient (Wildman–Crippen LogP) is 3.29. The van der Waals surface area contributed by atoms with Gasteiger partial charge < -0.3 is 10.6 Å². The second-order valence-electron chi connectivity index (χ2n) is 4.56. The normalized spacial score (nSPS) is 10.8. The van der Waals surface area contributed by atoms with E-state index in [2.05, 4.69) is 4.98 Å². The Hall–Kier alpha value is -2.47. The highest BCUT2D eigenvalue weighted by atomic mass is 32.1.